The molecule has 1 atom stereocenters. The third kappa shape index (κ3) is 7.29. The second-order valence-electron chi connectivity index (χ2n) is 6.01. The van der Waals surface area contributed by atoms with Gasteiger partial charge in [0.25, 0.3) is 0 Å². The third-order valence-electron chi connectivity index (χ3n) is 3.82. The summed E-state index contributed by atoms with van der Waals surface area (Å²) in [4.78, 5) is 4.48. The van der Waals surface area contributed by atoms with E-state index in [9.17, 15) is 12.8 Å². The summed E-state index contributed by atoms with van der Waals surface area (Å²) >= 11 is 0. The van der Waals surface area contributed by atoms with Crippen molar-refractivity contribution in [3.63, 3.8) is 0 Å². The molecular formula is C17H26FN3O3S. The Morgan fingerprint density at radius 2 is 2.08 bits per heavy atom. The van der Waals surface area contributed by atoms with Gasteiger partial charge in [-0.05, 0) is 50.5 Å². The minimum absolute atomic E-state index is 0.0652. The molecule has 1 fully saturated rings. The Morgan fingerprint density at radius 1 is 1.32 bits per heavy atom. The van der Waals surface area contributed by atoms with Crippen LogP contribution in [-0.2, 0) is 9.84 Å². The lowest BCUT2D eigenvalue weighted by Crippen LogP contribution is -2.44. The van der Waals surface area contributed by atoms with Crippen LogP contribution in [0.3, 0.4) is 0 Å². The first kappa shape index (κ1) is 19.5. The highest BCUT2D eigenvalue weighted by molar-refractivity contribution is 7.91. The molecule has 1 unspecified atom stereocenters. The van der Waals surface area contributed by atoms with Crippen molar-refractivity contribution in [3.05, 3.63) is 30.1 Å². The zero-order valence-electron chi connectivity index (χ0n) is 14.5. The Morgan fingerprint density at radius 3 is 2.72 bits per heavy atom. The van der Waals surface area contributed by atoms with E-state index < -0.39 is 9.84 Å². The fourth-order valence-corrected chi connectivity index (χ4v) is 4.22. The predicted octanol–water partition coefficient (Wildman–Crippen LogP) is 1.73. The third-order valence-corrected chi connectivity index (χ3v) is 5.59. The van der Waals surface area contributed by atoms with Gasteiger partial charge < -0.3 is 15.4 Å². The lowest BCUT2D eigenvalue weighted by Gasteiger charge is -2.15. The normalized spacial score (nSPS) is 19.6. The maximum absolute atomic E-state index is 12.8. The summed E-state index contributed by atoms with van der Waals surface area (Å²) in [5, 5.41) is 6.32. The van der Waals surface area contributed by atoms with Crippen LogP contribution in [0.25, 0.3) is 0 Å². The molecular weight excluding hydrogens is 345 g/mol. The molecule has 1 aromatic carbocycles. The number of hydrogen-bond donors (Lipinski definition) is 2. The zero-order chi connectivity index (χ0) is 18.1. The van der Waals surface area contributed by atoms with Gasteiger partial charge in [0.2, 0.25) is 0 Å². The Bertz CT molecular complexity index is 662. The van der Waals surface area contributed by atoms with Crippen LogP contribution in [-0.4, -0.2) is 51.6 Å². The van der Waals surface area contributed by atoms with Crippen LogP contribution >= 0.6 is 0 Å². The largest absolute Gasteiger partial charge is 0.494 e. The van der Waals surface area contributed by atoms with Gasteiger partial charge in [0.05, 0.1) is 18.1 Å². The van der Waals surface area contributed by atoms with E-state index in [4.69, 9.17) is 4.74 Å². The molecule has 1 aromatic rings. The Kier molecular flexibility index (Phi) is 7.49. The van der Waals surface area contributed by atoms with Crippen molar-refractivity contribution in [1.29, 1.82) is 0 Å². The maximum atomic E-state index is 12.8. The predicted molar refractivity (Wildman–Crippen MR) is 97.3 cm³/mol. The van der Waals surface area contributed by atoms with E-state index in [1.54, 1.807) is 12.1 Å². The Labute approximate surface area is 148 Å². The van der Waals surface area contributed by atoms with Crippen LogP contribution in [0.15, 0.2) is 29.3 Å². The van der Waals surface area contributed by atoms with Crippen LogP contribution in [0.4, 0.5) is 4.39 Å². The number of sulfone groups is 1. The molecule has 1 saturated heterocycles. The number of rotatable bonds is 8. The van der Waals surface area contributed by atoms with E-state index in [0.29, 0.717) is 31.3 Å². The van der Waals surface area contributed by atoms with Gasteiger partial charge in [-0.2, -0.15) is 0 Å². The van der Waals surface area contributed by atoms with Crippen LogP contribution in [0, 0.1) is 5.82 Å². The molecule has 1 aliphatic heterocycles. The summed E-state index contributed by atoms with van der Waals surface area (Å²) in [5.41, 5.74) is 0. The molecule has 8 heteroatoms. The van der Waals surface area contributed by atoms with Crippen molar-refractivity contribution in [3.8, 4) is 5.75 Å². The Balaban J connectivity index is 1.67. The Hall–Kier alpha value is -1.83. The summed E-state index contributed by atoms with van der Waals surface area (Å²) < 4.78 is 41.3. The van der Waals surface area contributed by atoms with Gasteiger partial charge in [-0.25, -0.2) is 12.8 Å². The van der Waals surface area contributed by atoms with E-state index in [0.717, 1.165) is 19.4 Å². The van der Waals surface area contributed by atoms with E-state index in [1.807, 2.05) is 6.92 Å². The molecule has 1 heterocycles. The quantitative estimate of drug-likeness (QED) is 0.413. The van der Waals surface area contributed by atoms with Crippen molar-refractivity contribution in [2.45, 2.75) is 32.2 Å². The lowest BCUT2D eigenvalue weighted by molar-refractivity contribution is 0.307. The van der Waals surface area contributed by atoms with E-state index in [1.165, 1.54) is 12.1 Å². The van der Waals surface area contributed by atoms with Gasteiger partial charge in [0.15, 0.2) is 15.8 Å². The van der Waals surface area contributed by atoms with Crippen LogP contribution in [0.2, 0.25) is 0 Å². The van der Waals surface area contributed by atoms with Crippen molar-refractivity contribution < 1.29 is 17.5 Å². The topological polar surface area (TPSA) is 79.8 Å². The standard InChI is InChI=1S/C17H26FN3O3S/c1-2-19-17(21-15-9-12-25(22,23)13-15)20-10-3-4-11-24-16-7-5-14(18)6-8-16/h5-8,15H,2-4,9-13H2,1H3,(H2,19,20,21). The maximum Gasteiger partial charge on any atom is 0.191 e. The second kappa shape index (κ2) is 9.60. The van der Waals surface area contributed by atoms with Crippen LogP contribution in [0.1, 0.15) is 26.2 Å². The summed E-state index contributed by atoms with van der Waals surface area (Å²) in [6.07, 6.45) is 2.30. The number of hydrogen-bond acceptors (Lipinski definition) is 4. The van der Waals surface area contributed by atoms with Crippen LogP contribution in [0.5, 0.6) is 5.75 Å². The molecule has 0 spiro atoms. The monoisotopic (exact) mass is 371 g/mol. The molecule has 0 radical (unpaired) electrons. The number of halogens is 1. The molecule has 25 heavy (non-hydrogen) atoms. The number of unbranched alkanes of at least 4 members (excludes halogenated alkanes) is 1. The molecule has 1 aliphatic rings. The SMILES string of the molecule is CCNC(=NCCCCOc1ccc(F)cc1)NC1CCS(=O)(=O)C1. The van der Waals surface area contributed by atoms with Gasteiger partial charge in [-0.1, -0.05) is 0 Å². The van der Waals surface area contributed by atoms with Crippen molar-refractivity contribution in [2.75, 3.05) is 31.2 Å². The molecule has 140 valence electrons. The fraction of sp³-hybridized carbons (Fsp3) is 0.588. The molecule has 0 aliphatic carbocycles. The van der Waals surface area contributed by atoms with Crippen molar-refractivity contribution in [1.82, 2.24) is 10.6 Å². The van der Waals surface area contributed by atoms with Gasteiger partial charge in [0.1, 0.15) is 11.6 Å². The first-order valence-electron chi connectivity index (χ1n) is 8.62. The van der Waals surface area contributed by atoms with Crippen molar-refractivity contribution >= 4 is 15.8 Å². The van der Waals surface area contributed by atoms with Crippen molar-refractivity contribution in [2.24, 2.45) is 4.99 Å². The molecule has 6 nitrogen and oxygen atoms in total. The summed E-state index contributed by atoms with van der Waals surface area (Å²) in [7, 11) is -2.90. The fourth-order valence-electron chi connectivity index (χ4n) is 2.55. The number of aliphatic imine (C=N–C) groups is 1. The van der Waals surface area contributed by atoms with E-state index >= 15 is 0 Å². The number of benzene rings is 1. The lowest BCUT2D eigenvalue weighted by atomic mass is 10.3. The van der Waals surface area contributed by atoms with E-state index in [-0.39, 0.29) is 23.4 Å². The molecule has 2 rings (SSSR count). The highest BCUT2D eigenvalue weighted by atomic mass is 32.2. The average molecular weight is 371 g/mol. The average Bonchev–Trinajstić information content (AvgIpc) is 2.91. The summed E-state index contributed by atoms with van der Waals surface area (Å²) in [5.74, 6) is 1.44. The minimum Gasteiger partial charge on any atom is -0.494 e. The highest BCUT2D eigenvalue weighted by Gasteiger charge is 2.28. The number of nitrogens with one attached hydrogen (secondary N) is 2. The molecule has 0 aromatic heterocycles. The van der Waals surface area contributed by atoms with Gasteiger partial charge in [-0.3, -0.25) is 4.99 Å². The smallest absolute Gasteiger partial charge is 0.191 e. The van der Waals surface area contributed by atoms with Gasteiger partial charge >= 0.3 is 0 Å². The summed E-state index contributed by atoms with van der Waals surface area (Å²) in [6.45, 7) is 3.87. The highest BCUT2D eigenvalue weighted by Crippen LogP contribution is 2.12. The summed E-state index contributed by atoms with van der Waals surface area (Å²) in [6, 6.07) is 5.89. The second-order valence-corrected chi connectivity index (χ2v) is 8.24. The molecule has 0 amide bonds. The molecule has 2 N–H and O–H groups in total. The first-order valence-corrected chi connectivity index (χ1v) is 10.4. The number of guanidine groups is 1. The zero-order valence-corrected chi connectivity index (χ0v) is 15.3. The van der Waals surface area contributed by atoms with Crippen LogP contribution < -0.4 is 15.4 Å². The van der Waals surface area contributed by atoms with Gasteiger partial charge in [-0.15, -0.1) is 0 Å². The molecule has 0 saturated carbocycles. The van der Waals surface area contributed by atoms with Gasteiger partial charge in [0, 0.05) is 19.1 Å². The number of nitrogens with zero attached hydrogens (tertiary/aromatic N) is 1. The van der Waals surface area contributed by atoms with E-state index in [2.05, 4.69) is 15.6 Å². The number of ether oxygens (including phenoxy) is 1. The molecule has 0 bridgehead atoms. The first-order chi connectivity index (χ1) is 12.0. The minimum atomic E-state index is -2.90.